The highest BCUT2D eigenvalue weighted by Crippen LogP contribution is 2.46. The minimum atomic E-state index is -2.20. The first-order valence-electron chi connectivity index (χ1n) is 22.2. The number of hydrogen-bond acceptors (Lipinski definition) is 27. The highest BCUT2D eigenvalue weighted by atomic mass is 16.8. The van der Waals surface area contributed by atoms with E-state index >= 15 is 4.79 Å². The summed E-state index contributed by atoms with van der Waals surface area (Å²) < 4.78 is 85.5. The van der Waals surface area contributed by atoms with E-state index in [1.165, 1.54) is 12.1 Å². The molecule has 3 heterocycles. The highest BCUT2D eigenvalue weighted by Gasteiger charge is 2.58. The van der Waals surface area contributed by atoms with Crippen LogP contribution in [0.15, 0.2) is 30.3 Å². The molecule has 2 saturated heterocycles. The zero-order valence-electron chi connectivity index (χ0n) is 41.3. The van der Waals surface area contributed by atoms with Crippen molar-refractivity contribution < 1.29 is 129 Å². The van der Waals surface area contributed by atoms with Crippen LogP contribution in [-0.2, 0) is 95.3 Å². The number of rotatable bonds is 17. The van der Waals surface area contributed by atoms with E-state index in [9.17, 15) is 53.1 Å². The Labute approximate surface area is 420 Å². The van der Waals surface area contributed by atoms with Crippen molar-refractivity contribution in [3.8, 4) is 28.7 Å². The fourth-order valence-corrected chi connectivity index (χ4v) is 7.80. The Balaban J connectivity index is 1.80. The van der Waals surface area contributed by atoms with Crippen molar-refractivity contribution >= 4 is 65.5 Å². The molecular weight excluding hydrogens is 996 g/mol. The predicted octanol–water partition coefficient (Wildman–Crippen LogP) is 1.14. The van der Waals surface area contributed by atoms with Gasteiger partial charge in [0.2, 0.25) is 5.78 Å². The smallest absolute Gasteiger partial charge is 0.308 e. The number of Topliss-reactive ketones (excluding diaryl/α,β-unsaturated/α-hetero) is 1. The first-order valence-corrected chi connectivity index (χ1v) is 22.2. The van der Waals surface area contributed by atoms with Gasteiger partial charge in [0.05, 0.1) is 0 Å². The molecule has 27 nitrogen and oxygen atoms in total. The topological polar surface area (TPSA) is 346 Å². The van der Waals surface area contributed by atoms with E-state index in [0.29, 0.717) is 0 Å². The van der Waals surface area contributed by atoms with Crippen LogP contribution < -0.4 is 23.7 Å². The molecule has 0 aromatic heterocycles. The van der Waals surface area contributed by atoms with Gasteiger partial charge in [-0.2, -0.15) is 0 Å². The van der Waals surface area contributed by atoms with E-state index in [2.05, 4.69) is 0 Å². The molecule has 1 N–H and O–H groups in total. The number of fused-ring (bicyclic) bond motifs is 1. The number of benzene rings is 2. The lowest BCUT2D eigenvalue weighted by atomic mass is 9.91. The molecule has 74 heavy (non-hydrogen) atoms. The SMILES string of the molecule is CC(=O)OCC1OC(OC2C(OC3C(=O)c4c(OC(C)=O)cc(OC(C)=O)cc4OC3c3ccc(OC(C)=O)c(OC(C)=O)c3)OC(COC(C)=O)C(OC(C)=O)C2OC(C)=O)C(OC(C)=O)C(OC(C)=O)C1O. The lowest BCUT2D eigenvalue weighted by Crippen LogP contribution is -2.67. The van der Waals surface area contributed by atoms with Crippen molar-refractivity contribution in [3.63, 3.8) is 0 Å². The highest BCUT2D eigenvalue weighted by molar-refractivity contribution is 6.06. The minimum Gasteiger partial charge on any atom is -0.481 e. The van der Waals surface area contributed by atoms with Gasteiger partial charge in [-0.1, -0.05) is 6.07 Å². The van der Waals surface area contributed by atoms with Crippen LogP contribution in [0.5, 0.6) is 28.7 Å². The van der Waals surface area contributed by atoms with Gasteiger partial charge in [-0.15, -0.1) is 0 Å². The molecule has 2 aromatic carbocycles. The Bertz CT molecular complexity index is 2530. The minimum absolute atomic E-state index is 0.0933. The number of ether oxygens (including phenoxy) is 15. The number of carbonyl (C=O) groups excluding carboxylic acids is 11. The molecule has 0 spiro atoms. The third kappa shape index (κ3) is 15.0. The van der Waals surface area contributed by atoms with Gasteiger partial charge in [0.15, 0.2) is 66.8 Å². The summed E-state index contributed by atoms with van der Waals surface area (Å²) in [6, 6.07) is 5.67. The second-order valence-electron chi connectivity index (χ2n) is 16.4. The Kier molecular flexibility index (Phi) is 19.3. The maximum absolute atomic E-state index is 15.3. The molecule has 0 saturated carbocycles. The summed E-state index contributed by atoms with van der Waals surface area (Å²) in [6.07, 6.45) is -23.1. The summed E-state index contributed by atoms with van der Waals surface area (Å²) in [7, 11) is 0. The molecule has 5 rings (SSSR count). The van der Waals surface area contributed by atoms with E-state index in [0.717, 1.165) is 87.4 Å². The quantitative estimate of drug-likeness (QED) is 0.132. The molecule has 0 aliphatic carbocycles. The Morgan fingerprint density at radius 3 is 1.53 bits per heavy atom. The maximum Gasteiger partial charge on any atom is 0.308 e. The van der Waals surface area contributed by atoms with Crippen LogP contribution in [0.1, 0.15) is 91.3 Å². The number of ketones is 1. The van der Waals surface area contributed by atoms with Gasteiger partial charge in [0.25, 0.3) is 0 Å². The molecular formula is C47H52O27. The summed E-state index contributed by atoms with van der Waals surface area (Å²) in [4.78, 5) is 140. The average Bonchev–Trinajstić information content (AvgIpc) is 3.26. The van der Waals surface area contributed by atoms with Crippen LogP contribution in [0.25, 0.3) is 0 Å². The fourth-order valence-electron chi connectivity index (χ4n) is 7.80. The van der Waals surface area contributed by atoms with Crippen molar-refractivity contribution in [2.45, 2.75) is 143 Å². The van der Waals surface area contributed by atoms with E-state index < -0.39 is 164 Å². The van der Waals surface area contributed by atoms with Crippen LogP contribution in [0.2, 0.25) is 0 Å². The van der Waals surface area contributed by atoms with Gasteiger partial charge in [-0.3, -0.25) is 52.7 Å². The van der Waals surface area contributed by atoms with Crippen LogP contribution in [0, 0.1) is 0 Å². The lowest BCUT2D eigenvalue weighted by molar-refractivity contribution is -0.372. The standard InChI is InChI=1S/C47H52O27/c1-18(48)60-16-34-37(58)41(67-25(8)55)44(69-27(10)57)46(71-34)74-45-43(68-26(9)56)40(66-24(7)54)35(17-61-19(2)49)72-47(45)73-42-38(59)36-32(65-23(6)53)14-29(62-20(3)50)15-33(36)70-39(42)28-11-12-30(63-21(4)51)31(13-28)64-22(5)52/h11-15,34-35,37,39-47,58H,16-17H2,1-10H3. The van der Waals surface area contributed by atoms with E-state index in [1.54, 1.807) is 0 Å². The molecule has 3 aliphatic rings. The zero-order chi connectivity index (χ0) is 54.9. The Morgan fingerprint density at radius 1 is 0.486 bits per heavy atom. The first-order chi connectivity index (χ1) is 34.7. The fraction of sp³-hybridized carbons (Fsp3) is 0.511. The van der Waals surface area contributed by atoms with Crippen LogP contribution in [-0.4, -0.2) is 151 Å². The van der Waals surface area contributed by atoms with Crippen molar-refractivity contribution in [3.05, 3.63) is 41.5 Å². The maximum atomic E-state index is 15.3. The van der Waals surface area contributed by atoms with Crippen molar-refractivity contribution in [2.75, 3.05) is 13.2 Å². The van der Waals surface area contributed by atoms with Gasteiger partial charge in [-0.25, -0.2) is 0 Å². The van der Waals surface area contributed by atoms with Gasteiger partial charge >= 0.3 is 59.7 Å². The molecule has 3 aliphatic heterocycles. The van der Waals surface area contributed by atoms with E-state index in [1.807, 2.05) is 0 Å². The predicted molar refractivity (Wildman–Crippen MR) is 234 cm³/mol. The normalized spacial score (nSPS) is 26.0. The largest absolute Gasteiger partial charge is 0.481 e. The van der Waals surface area contributed by atoms with Crippen molar-refractivity contribution in [1.82, 2.24) is 0 Å². The number of carbonyl (C=O) groups is 11. The molecule has 12 unspecified atom stereocenters. The molecule has 2 aromatic rings. The summed E-state index contributed by atoms with van der Waals surface area (Å²) in [5.41, 5.74) is -0.602. The third-order valence-corrected chi connectivity index (χ3v) is 10.3. The summed E-state index contributed by atoms with van der Waals surface area (Å²) in [5.74, 6) is -12.4. The summed E-state index contributed by atoms with van der Waals surface area (Å²) in [5, 5.41) is 11.4. The Hall–Kier alpha value is -7.59. The second kappa shape index (κ2) is 24.9. The van der Waals surface area contributed by atoms with Crippen molar-refractivity contribution in [1.29, 1.82) is 0 Å². The molecule has 0 bridgehead atoms. The molecule has 402 valence electrons. The van der Waals surface area contributed by atoms with Crippen LogP contribution >= 0.6 is 0 Å². The molecule has 27 heteroatoms. The van der Waals surface area contributed by atoms with E-state index in [4.69, 9.17) is 71.1 Å². The van der Waals surface area contributed by atoms with Gasteiger partial charge in [0.1, 0.15) is 54.3 Å². The van der Waals surface area contributed by atoms with Gasteiger partial charge in [0, 0.05) is 81.4 Å². The number of hydrogen-bond donors (Lipinski definition) is 1. The van der Waals surface area contributed by atoms with Crippen LogP contribution in [0.4, 0.5) is 0 Å². The van der Waals surface area contributed by atoms with Gasteiger partial charge < -0.3 is 76.2 Å². The second-order valence-corrected chi connectivity index (χ2v) is 16.4. The van der Waals surface area contributed by atoms with Crippen LogP contribution in [0.3, 0.4) is 0 Å². The molecule has 0 radical (unpaired) electrons. The van der Waals surface area contributed by atoms with Gasteiger partial charge in [-0.05, 0) is 17.7 Å². The monoisotopic (exact) mass is 1050 g/mol. The Morgan fingerprint density at radius 2 is 0.973 bits per heavy atom. The average molecular weight is 1050 g/mol. The molecule has 0 amide bonds. The zero-order valence-corrected chi connectivity index (χ0v) is 41.3. The van der Waals surface area contributed by atoms with E-state index in [-0.39, 0.29) is 28.6 Å². The lowest BCUT2D eigenvalue weighted by Gasteiger charge is -2.49. The third-order valence-electron chi connectivity index (χ3n) is 10.3. The molecule has 2 fully saturated rings. The summed E-state index contributed by atoms with van der Waals surface area (Å²) in [6.45, 7) is 8.46. The number of aliphatic hydroxyl groups excluding tert-OH is 1. The number of esters is 10. The molecule has 12 atom stereocenters. The first kappa shape index (κ1) is 57.3. The van der Waals surface area contributed by atoms with Crippen molar-refractivity contribution in [2.24, 2.45) is 0 Å². The summed E-state index contributed by atoms with van der Waals surface area (Å²) >= 11 is 0. The number of aliphatic hydroxyl groups is 1.